The molecule has 2 rings (SSSR count). The van der Waals surface area contributed by atoms with E-state index in [9.17, 15) is 0 Å². The largest absolute Gasteiger partial charge is 0.360 e. The molecule has 0 radical (unpaired) electrons. The zero-order valence-corrected chi connectivity index (χ0v) is 12.4. The second kappa shape index (κ2) is 6.98. The molecule has 0 bridgehead atoms. The minimum absolute atomic E-state index is 0.696. The fraction of sp³-hybridized carbons (Fsp3) is 0.357. The first kappa shape index (κ1) is 14.4. The lowest BCUT2D eigenvalue weighted by Crippen LogP contribution is -2.17. The Kier molecular flexibility index (Phi) is 5.04. The lowest BCUT2D eigenvalue weighted by atomic mass is 10.1. The predicted molar refractivity (Wildman–Crippen MR) is 80.4 cm³/mol. The average molecular weight is 287 g/mol. The van der Waals surface area contributed by atoms with Crippen molar-refractivity contribution < 1.29 is 0 Å². The first-order valence-corrected chi connectivity index (χ1v) is 7.26. The molecule has 0 saturated carbocycles. The fourth-order valence-electron chi connectivity index (χ4n) is 1.88. The van der Waals surface area contributed by atoms with Crippen LogP contribution in [0.1, 0.15) is 23.1 Å². The first-order chi connectivity index (χ1) is 9.71. The van der Waals surface area contributed by atoms with Crippen LogP contribution >= 0.6 is 11.3 Å². The van der Waals surface area contributed by atoms with Gasteiger partial charge in [0.05, 0.1) is 18.2 Å². The molecule has 0 saturated heterocycles. The van der Waals surface area contributed by atoms with Crippen LogP contribution in [0.5, 0.6) is 0 Å². The summed E-state index contributed by atoms with van der Waals surface area (Å²) in [7, 11) is 2.04. The highest BCUT2D eigenvalue weighted by atomic mass is 32.1. The van der Waals surface area contributed by atoms with Gasteiger partial charge >= 0.3 is 0 Å². The van der Waals surface area contributed by atoms with Gasteiger partial charge in [-0.15, -0.1) is 10.2 Å². The quantitative estimate of drug-likeness (QED) is 0.884. The van der Waals surface area contributed by atoms with Crippen molar-refractivity contribution in [1.82, 2.24) is 15.1 Å². The van der Waals surface area contributed by atoms with Crippen molar-refractivity contribution in [3.8, 4) is 6.07 Å². The molecule has 0 atom stereocenters. The van der Waals surface area contributed by atoms with Crippen LogP contribution in [0.2, 0.25) is 0 Å². The van der Waals surface area contributed by atoms with E-state index in [-0.39, 0.29) is 0 Å². The highest BCUT2D eigenvalue weighted by Crippen LogP contribution is 2.17. The topological polar surface area (TPSA) is 64.8 Å². The van der Waals surface area contributed by atoms with Crippen molar-refractivity contribution in [2.75, 3.05) is 18.9 Å². The second-order valence-corrected chi connectivity index (χ2v) is 5.58. The molecule has 0 unspecified atom stereocenters. The number of hydrogen-bond acceptors (Lipinski definition) is 6. The van der Waals surface area contributed by atoms with Gasteiger partial charge in [0.2, 0.25) is 5.13 Å². The fourth-order valence-corrected chi connectivity index (χ4v) is 2.77. The molecule has 0 fully saturated rings. The summed E-state index contributed by atoms with van der Waals surface area (Å²) < 4.78 is 0. The van der Waals surface area contributed by atoms with E-state index in [0.717, 1.165) is 35.3 Å². The standard InChI is InChI=1S/C14H17N5S/c1-3-16-14-18-17-13(20-14)10-19(2)9-12-6-4-5-11(7-12)8-15/h4-7H,3,9-10H2,1-2H3,(H,16,18). The molecule has 1 aromatic heterocycles. The molecule has 0 spiro atoms. The van der Waals surface area contributed by atoms with E-state index >= 15 is 0 Å². The summed E-state index contributed by atoms with van der Waals surface area (Å²) in [5.41, 5.74) is 1.82. The molecule has 6 heteroatoms. The van der Waals surface area contributed by atoms with Gasteiger partial charge < -0.3 is 5.32 Å². The lowest BCUT2D eigenvalue weighted by molar-refractivity contribution is 0.317. The van der Waals surface area contributed by atoms with E-state index in [0.29, 0.717) is 5.56 Å². The van der Waals surface area contributed by atoms with Gasteiger partial charge in [0.25, 0.3) is 0 Å². The molecule has 104 valence electrons. The first-order valence-electron chi connectivity index (χ1n) is 6.45. The van der Waals surface area contributed by atoms with Crippen LogP contribution < -0.4 is 5.32 Å². The number of benzene rings is 1. The average Bonchev–Trinajstić information content (AvgIpc) is 2.86. The molecule has 0 aliphatic heterocycles. The molecule has 1 N–H and O–H groups in total. The normalized spacial score (nSPS) is 10.5. The van der Waals surface area contributed by atoms with E-state index in [2.05, 4.69) is 26.5 Å². The van der Waals surface area contributed by atoms with Crippen molar-refractivity contribution in [2.24, 2.45) is 0 Å². The molecule has 0 aliphatic carbocycles. The van der Waals surface area contributed by atoms with E-state index in [1.165, 1.54) is 0 Å². The van der Waals surface area contributed by atoms with Crippen molar-refractivity contribution in [3.05, 3.63) is 40.4 Å². The van der Waals surface area contributed by atoms with Gasteiger partial charge in [-0.3, -0.25) is 4.90 Å². The van der Waals surface area contributed by atoms with Crippen LogP contribution in [-0.4, -0.2) is 28.7 Å². The molecular weight excluding hydrogens is 270 g/mol. The van der Waals surface area contributed by atoms with E-state index in [4.69, 9.17) is 5.26 Å². The third-order valence-corrected chi connectivity index (χ3v) is 3.57. The Morgan fingerprint density at radius 3 is 2.95 bits per heavy atom. The Bertz CT molecular complexity index is 602. The van der Waals surface area contributed by atoms with Gasteiger partial charge in [0.15, 0.2) is 0 Å². The highest BCUT2D eigenvalue weighted by Gasteiger charge is 2.07. The predicted octanol–water partition coefficient (Wildman–Crippen LogP) is 2.47. The maximum atomic E-state index is 8.90. The Labute approximate surface area is 122 Å². The molecule has 1 heterocycles. The maximum Gasteiger partial charge on any atom is 0.205 e. The summed E-state index contributed by atoms with van der Waals surface area (Å²) in [6, 6.07) is 9.84. The van der Waals surface area contributed by atoms with Gasteiger partial charge in [-0.05, 0) is 31.7 Å². The number of rotatable bonds is 6. The Morgan fingerprint density at radius 2 is 2.20 bits per heavy atom. The third-order valence-electron chi connectivity index (χ3n) is 2.71. The smallest absolute Gasteiger partial charge is 0.205 e. The number of aromatic nitrogens is 2. The summed E-state index contributed by atoms with van der Waals surface area (Å²) in [6.45, 7) is 4.42. The minimum atomic E-state index is 0.696. The number of nitrogens with one attached hydrogen (secondary N) is 1. The zero-order valence-electron chi connectivity index (χ0n) is 11.6. The summed E-state index contributed by atoms with van der Waals surface area (Å²) in [6.07, 6.45) is 0. The molecule has 2 aromatic rings. The van der Waals surface area contributed by atoms with Gasteiger partial charge in [-0.1, -0.05) is 23.5 Å². The van der Waals surface area contributed by atoms with Crippen molar-refractivity contribution in [1.29, 1.82) is 5.26 Å². The van der Waals surface area contributed by atoms with Crippen molar-refractivity contribution >= 4 is 16.5 Å². The molecule has 5 nitrogen and oxygen atoms in total. The molecular formula is C14H17N5S. The Balaban J connectivity index is 1.94. The number of nitrogens with zero attached hydrogens (tertiary/aromatic N) is 4. The van der Waals surface area contributed by atoms with Crippen LogP contribution in [0, 0.1) is 11.3 Å². The van der Waals surface area contributed by atoms with Crippen molar-refractivity contribution in [3.63, 3.8) is 0 Å². The van der Waals surface area contributed by atoms with Crippen LogP contribution in [0.15, 0.2) is 24.3 Å². The third kappa shape index (κ3) is 4.02. The van der Waals surface area contributed by atoms with Crippen LogP contribution in [-0.2, 0) is 13.1 Å². The Morgan fingerprint density at radius 1 is 1.35 bits per heavy atom. The molecule has 20 heavy (non-hydrogen) atoms. The molecule has 0 aliphatic rings. The Hall–Kier alpha value is -1.97. The van der Waals surface area contributed by atoms with Gasteiger partial charge in [0.1, 0.15) is 5.01 Å². The SMILES string of the molecule is CCNc1nnc(CN(C)Cc2cccc(C#N)c2)s1. The van der Waals surface area contributed by atoms with Crippen molar-refractivity contribution in [2.45, 2.75) is 20.0 Å². The summed E-state index contributed by atoms with van der Waals surface area (Å²) in [5.74, 6) is 0. The second-order valence-electron chi connectivity index (χ2n) is 4.52. The van der Waals surface area contributed by atoms with E-state index < -0.39 is 0 Å². The van der Waals surface area contributed by atoms with Gasteiger partial charge in [0, 0.05) is 13.1 Å². The van der Waals surface area contributed by atoms with E-state index in [1.54, 1.807) is 11.3 Å². The van der Waals surface area contributed by atoms with Crippen LogP contribution in [0.25, 0.3) is 0 Å². The zero-order chi connectivity index (χ0) is 14.4. The molecule has 1 aromatic carbocycles. The summed E-state index contributed by atoms with van der Waals surface area (Å²) in [5, 5.41) is 22.1. The van der Waals surface area contributed by atoms with Crippen LogP contribution in [0.4, 0.5) is 5.13 Å². The lowest BCUT2D eigenvalue weighted by Gasteiger charge is -2.14. The summed E-state index contributed by atoms with van der Waals surface area (Å²) >= 11 is 1.58. The van der Waals surface area contributed by atoms with Gasteiger partial charge in [-0.2, -0.15) is 5.26 Å². The number of anilines is 1. The van der Waals surface area contributed by atoms with Crippen LogP contribution in [0.3, 0.4) is 0 Å². The number of hydrogen-bond donors (Lipinski definition) is 1. The minimum Gasteiger partial charge on any atom is -0.360 e. The van der Waals surface area contributed by atoms with Gasteiger partial charge in [-0.25, -0.2) is 0 Å². The molecule has 0 amide bonds. The summed E-state index contributed by atoms with van der Waals surface area (Å²) in [4.78, 5) is 2.16. The maximum absolute atomic E-state index is 8.90. The highest BCUT2D eigenvalue weighted by molar-refractivity contribution is 7.15. The number of nitriles is 1. The van der Waals surface area contributed by atoms with E-state index in [1.807, 2.05) is 38.2 Å². The monoisotopic (exact) mass is 287 g/mol.